The highest BCUT2D eigenvalue weighted by Crippen LogP contribution is 2.34. The van der Waals surface area contributed by atoms with Crippen molar-refractivity contribution < 1.29 is 0 Å². The van der Waals surface area contributed by atoms with Crippen LogP contribution in [-0.4, -0.2) is 6.04 Å². The van der Waals surface area contributed by atoms with Crippen LogP contribution in [0.1, 0.15) is 13.8 Å². The van der Waals surface area contributed by atoms with Crippen LogP contribution in [-0.2, 0) is 0 Å². The average molecular weight is 223 g/mol. The molecule has 74 valence electrons. The van der Waals surface area contributed by atoms with Crippen LogP contribution in [0.2, 0.25) is 0 Å². The average Bonchev–Trinajstić information content (AvgIpc) is 2.69. The lowest BCUT2D eigenvalue weighted by atomic mass is 10.4. The molecule has 3 heteroatoms. The fourth-order valence-corrected chi connectivity index (χ4v) is 3.14. The predicted octanol–water partition coefficient (Wildman–Crippen LogP) is 4.30. The van der Waals surface area contributed by atoms with E-state index < -0.39 is 0 Å². The van der Waals surface area contributed by atoms with Gasteiger partial charge in [-0.15, -0.1) is 22.7 Å². The molecule has 2 heterocycles. The molecule has 1 nitrogen and oxygen atoms in total. The van der Waals surface area contributed by atoms with Crippen LogP contribution in [0, 0.1) is 0 Å². The number of thiophene rings is 2. The van der Waals surface area contributed by atoms with Gasteiger partial charge in [0.05, 0.1) is 5.00 Å². The number of hydrogen-bond donors (Lipinski definition) is 1. The van der Waals surface area contributed by atoms with E-state index in [9.17, 15) is 0 Å². The molecule has 0 fully saturated rings. The first-order valence-corrected chi connectivity index (χ1v) is 6.35. The molecule has 2 aromatic heterocycles. The molecular weight excluding hydrogens is 210 g/mol. The fraction of sp³-hybridized carbons (Fsp3) is 0.273. The Morgan fingerprint density at radius 2 is 2.00 bits per heavy atom. The second kappa shape index (κ2) is 4.15. The number of nitrogens with one attached hydrogen (secondary N) is 1. The molecule has 0 aliphatic carbocycles. The first-order valence-electron chi connectivity index (χ1n) is 4.66. The van der Waals surface area contributed by atoms with Gasteiger partial charge in [-0.2, -0.15) is 0 Å². The van der Waals surface area contributed by atoms with Crippen molar-refractivity contribution in [2.24, 2.45) is 0 Å². The summed E-state index contributed by atoms with van der Waals surface area (Å²) in [6.45, 7) is 4.31. The SMILES string of the molecule is CC(C)Nc1ccc(-c2cccs2)s1. The van der Waals surface area contributed by atoms with Crippen LogP contribution in [0.3, 0.4) is 0 Å². The van der Waals surface area contributed by atoms with Gasteiger partial charge in [-0.05, 0) is 37.4 Å². The minimum absolute atomic E-state index is 0.504. The van der Waals surface area contributed by atoms with Crippen molar-refractivity contribution in [3.05, 3.63) is 29.6 Å². The van der Waals surface area contributed by atoms with E-state index in [1.165, 1.54) is 14.8 Å². The molecule has 2 aromatic rings. The van der Waals surface area contributed by atoms with E-state index in [1.54, 1.807) is 11.3 Å². The molecule has 0 spiro atoms. The van der Waals surface area contributed by atoms with Gasteiger partial charge in [-0.3, -0.25) is 0 Å². The summed E-state index contributed by atoms with van der Waals surface area (Å²) in [5.41, 5.74) is 0. The van der Waals surface area contributed by atoms with Crippen molar-refractivity contribution in [1.29, 1.82) is 0 Å². The zero-order chi connectivity index (χ0) is 9.97. The molecule has 0 atom stereocenters. The summed E-state index contributed by atoms with van der Waals surface area (Å²) in [4.78, 5) is 2.70. The molecule has 0 aromatic carbocycles. The van der Waals surface area contributed by atoms with E-state index in [4.69, 9.17) is 0 Å². The third-order valence-electron chi connectivity index (χ3n) is 1.80. The van der Waals surface area contributed by atoms with E-state index in [0.717, 1.165) is 0 Å². The van der Waals surface area contributed by atoms with Gasteiger partial charge >= 0.3 is 0 Å². The molecule has 0 aliphatic rings. The topological polar surface area (TPSA) is 12.0 Å². The lowest BCUT2D eigenvalue weighted by Crippen LogP contribution is -2.07. The van der Waals surface area contributed by atoms with Crippen LogP contribution < -0.4 is 5.32 Å². The molecule has 0 bridgehead atoms. The minimum atomic E-state index is 0.504. The zero-order valence-electron chi connectivity index (χ0n) is 8.28. The molecule has 0 saturated heterocycles. The van der Waals surface area contributed by atoms with Gasteiger partial charge in [0.2, 0.25) is 0 Å². The summed E-state index contributed by atoms with van der Waals surface area (Å²) < 4.78 is 0. The van der Waals surface area contributed by atoms with E-state index in [2.05, 4.69) is 48.8 Å². The molecule has 1 N–H and O–H groups in total. The Morgan fingerprint density at radius 3 is 2.64 bits per heavy atom. The van der Waals surface area contributed by atoms with E-state index in [1.807, 2.05) is 11.3 Å². The van der Waals surface area contributed by atoms with Crippen molar-refractivity contribution in [1.82, 2.24) is 0 Å². The quantitative estimate of drug-likeness (QED) is 0.818. The number of anilines is 1. The summed E-state index contributed by atoms with van der Waals surface area (Å²) in [6.07, 6.45) is 0. The summed E-state index contributed by atoms with van der Waals surface area (Å²) in [6, 6.07) is 9.09. The monoisotopic (exact) mass is 223 g/mol. The fourth-order valence-electron chi connectivity index (χ4n) is 1.25. The Labute approximate surface area is 92.4 Å². The standard InChI is InChI=1S/C11H13NS2/c1-8(2)12-11-6-5-10(14-11)9-4-3-7-13-9/h3-8,12H,1-2H3. The lowest BCUT2D eigenvalue weighted by molar-refractivity contribution is 0.904. The second-order valence-electron chi connectivity index (χ2n) is 3.44. The maximum Gasteiger partial charge on any atom is 0.0891 e. The van der Waals surface area contributed by atoms with Crippen LogP contribution in [0.15, 0.2) is 29.6 Å². The Bertz CT molecular complexity index is 387. The van der Waals surface area contributed by atoms with Crippen molar-refractivity contribution >= 4 is 27.7 Å². The molecule has 0 radical (unpaired) electrons. The van der Waals surface area contributed by atoms with Crippen LogP contribution in [0.4, 0.5) is 5.00 Å². The summed E-state index contributed by atoms with van der Waals surface area (Å²) in [5, 5.41) is 6.78. The molecule has 0 saturated carbocycles. The first kappa shape index (κ1) is 9.74. The Kier molecular flexibility index (Phi) is 2.89. The Balaban J connectivity index is 2.18. The van der Waals surface area contributed by atoms with Crippen molar-refractivity contribution in [3.8, 4) is 9.75 Å². The number of hydrogen-bond acceptors (Lipinski definition) is 3. The normalized spacial score (nSPS) is 10.8. The maximum atomic E-state index is 3.41. The summed E-state index contributed by atoms with van der Waals surface area (Å²) in [7, 11) is 0. The smallest absolute Gasteiger partial charge is 0.0891 e. The minimum Gasteiger partial charge on any atom is -0.375 e. The molecular formula is C11H13NS2. The third-order valence-corrected chi connectivity index (χ3v) is 3.88. The molecule has 2 rings (SSSR count). The van der Waals surface area contributed by atoms with Gasteiger partial charge in [0.15, 0.2) is 0 Å². The first-order chi connectivity index (χ1) is 6.75. The molecule has 0 amide bonds. The highest BCUT2D eigenvalue weighted by Gasteiger charge is 2.03. The lowest BCUT2D eigenvalue weighted by Gasteiger charge is -2.05. The van der Waals surface area contributed by atoms with Gasteiger partial charge in [0.25, 0.3) is 0 Å². The van der Waals surface area contributed by atoms with Crippen LogP contribution in [0.5, 0.6) is 0 Å². The second-order valence-corrected chi connectivity index (χ2v) is 5.47. The maximum absolute atomic E-state index is 3.41. The molecule has 0 aliphatic heterocycles. The van der Waals surface area contributed by atoms with E-state index in [0.29, 0.717) is 6.04 Å². The highest BCUT2D eigenvalue weighted by atomic mass is 32.1. The summed E-state index contributed by atoms with van der Waals surface area (Å²) >= 11 is 3.61. The van der Waals surface area contributed by atoms with E-state index >= 15 is 0 Å². The summed E-state index contributed by atoms with van der Waals surface area (Å²) in [5.74, 6) is 0. The molecule has 0 unspecified atom stereocenters. The third kappa shape index (κ3) is 2.16. The van der Waals surface area contributed by atoms with Crippen molar-refractivity contribution in [2.75, 3.05) is 5.32 Å². The van der Waals surface area contributed by atoms with Gasteiger partial charge in [0, 0.05) is 15.8 Å². The van der Waals surface area contributed by atoms with Gasteiger partial charge in [-0.1, -0.05) is 6.07 Å². The Hall–Kier alpha value is -0.800. The van der Waals surface area contributed by atoms with Crippen LogP contribution in [0.25, 0.3) is 9.75 Å². The predicted molar refractivity (Wildman–Crippen MR) is 66.4 cm³/mol. The van der Waals surface area contributed by atoms with Gasteiger partial charge in [0.1, 0.15) is 0 Å². The van der Waals surface area contributed by atoms with Crippen molar-refractivity contribution in [2.45, 2.75) is 19.9 Å². The van der Waals surface area contributed by atoms with Crippen LogP contribution >= 0.6 is 22.7 Å². The zero-order valence-corrected chi connectivity index (χ0v) is 9.91. The van der Waals surface area contributed by atoms with Gasteiger partial charge in [-0.25, -0.2) is 0 Å². The van der Waals surface area contributed by atoms with Crippen molar-refractivity contribution in [3.63, 3.8) is 0 Å². The van der Waals surface area contributed by atoms with E-state index in [-0.39, 0.29) is 0 Å². The Morgan fingerprint density at radius 1 is 1.14 bits per heavy atom. The largest absolute Gasteiger partial charge is 0.375 e. The number of rotatable bonds is 3. The highest BCUT2D eigenvalue weighted by molar-refractivity contribution is 7.23. The van der Waals surface area contributed by atoms with Gasteiger partial charge < -0.3 is 5.32 Å². The molecule has 14 heavy (non-hydrogen) atoms.